The number of sulfonamides is 1. The van der Waals surface area contributed by atoms with Gasteiger partial charge >= 0.3 is 0 Å². The largest absolute Gasteiger partial charge is 0.322 e. The molecule has 0 fully saturated rings. The summed E-state index contributed by atoms with van der Waals surface area (Å²) in [6.45, 7) is 0. The maximum atomic E-state index is 13.4. The van der Waals surface area contributed by atoms with Gasteiger partial charge in [0.2, 0.25) is 10.0 Å². The molecule has 0 aromatic heterocycles. The van der Waals surface area contributed by atoms with Gasteiger partial charge in [0.05, 0.1) is 10.5 Å². The molecular weight excluding hydrogens is 363 g/mol. The minimum atomic E-state index is -4.06. The van der Waals surface area contributed by atoms with Gasteiger partial charge in [-0.05, 0) is 46.3 Å². The first kappa shape index (κ1) is 15.6. The second-order valence-corrected chi connectivity index (χ2v) is 6.57. The number of hydrogen-bond donors (Lipinski definition) is 2. The van der Waals surface area contributed by atoms with Crippen LogP contribution in [0.25, 0.3) is 0 Å². The van der Waals surface area contributed by atoms with Crippen molar-refractivity contribution >= 4 is 37.5 Å². The normalized spacial score (nSPS) is 11.2. The molecule has 2 rings (SSSR count). The smallest absolute Gasteiger partial charge is 0.256 e. The molecule has 0 aliphatic heterocycles. The Bertz CT molecular complexity index is 809. The summed E-state index contributed by atoms with van der Waals surface area (Å²) in [5.74, 6) is -1.32. The lowest BCUT2D eigenvalue weighted by molar-refractivity contribution is 0.102. The monoisotopic (exact) mass is 372 g/mol. The van der Waals surface area contributed by atoms with Crippen LogP contribution in [0.2, 0.25) is 0 Å². The average molecular weight is 373 g/mol. The van der Waals surface area contributed by atoms with E-state index >= 15 is 0 Å². The van der Waals surface area contributed by atoms with Gasteiger partial charge in [0.15, 0.2) is 0 Å². The summed E-state index contributed by atoms with van der Waals surface area (Å²) in [5.41, 5.74) is 0.332. The van der Waals surface area contributed by atoms with E-state index in [0.717, 1.165) is 18.2 Å². The first-order chi connectivity index (χ1) is 9.77. The Balaban J connectivity index is 2.34. The fraction of sp³-hybridized carbons (Fsp3) is 0. The van der Waals surface area contributed by atoms with Crippen LogP contribution in [0.1, 0.15) is 10.4 Å². The van der Waals surface area contributed by atoms with Crippen LogP contribution in [-0.2, 0) is 10.0 Å². The number of benzene rings is 2. The van der Waals surface area contributed by atoms with Crippen LogP contribution in [0.5, 0.6) is 0 Å². The molecule has 0 saturated heterocycles. The number of rotatable bonds is 3. The minimum absolute atomic E-state index is 0.000205. The second-order valence-electron chi connectivity index (χ2n) is 4.15. The van der Waals surface area contributed by atoms with Crippen molar-refractivity contribution in [2.24, 2.45) is 5.14 Å². The van der Waals surface area contributed by atoms with E-state index in [-0.39, 0.29) is 5.69 Å². The Morgan fingerprint density at radius 1 is 1.19 bits per heavy atom. The van der Waals surface area contributed by atoms with Crippen LogP contribution in [0.4, 0.5) is 10.1 Å². The van der Waals surface area contributed by atoms with E-state index in [9.17, 15) is 17.6 Å². The highest BCUT2D eigenvalue weighted by Crippen LogP contribution is 2.20. The van der Waals surface area contributed by atoms with Crippen molar-refractivity contribution in [1.82, 2.24) is 0 Å². The standard InChI is InChI=1S/C13H10BrFN2O3S/c14-12-4-2-1-3-11(12)13(18)17-9-5-8(15)6-10(7-9)21(16,19)20/h1-7H,(H,17,18)(H2,16,19,20). The van der Waals surface area contributed by atoms with Crippen molar-refractivity contribution in [2.75, 3.05) is 5.32 Å². The number of halogens is 2. The zero-order chi connectivity index (χ0) is 15.6. The van der Waals surface area contributed by atoms with Crippen molar-refractivity contribution in [3.8, 4) is 0 Å². The summed E-state index contributed by atoms with van der Waals surface area (Å²) in [4.78, 5) is 11.7. The van der Waals surface area contributed by atoms with E-state index in [2.05, 4.69) is 21.2 Å². The van der Waals surface area contributed by atoms with Crippen molar-refractivity contribution in [2.45, 2.75) is 4.90 Å². The number of carbonyl (C=O) groups excluding carboxylic acids is 1. The zero-order valence-electron chi connectivity index (χ0n) is 10.5. The SMILES string of the molecule is NS(=O)(=O)c1cc(F)cc(NC(=O)c2ccccc2Br)c1. The van der Waals surface area contributed by atoms with Crippen LogP contribution in [0.15, 0.2) is 51.8 Å². The molecular formula is C13H10BrFN2O3S. The third-order valence-electron chi connectivity index (χ3n) is 2.58. The molecule has 0 spiro atoms. The molecule has 2 aromatic carbocycles. The lowest BCUT2D eigenvalue weighted by atomic mass is 10.2. The first-order valence-electron chi connectivity index (χ1n) is 5.66. The molecule has 0 atom stereocenters. The maximum Gasteiger partial charge on any atom is 0.256 e. The third kappa shape index (κ3) is 3.87. The first-order valence-corrected chi connectivity index (χ1v) is 8.00. The highest BCUT2D eigenvalue weighted by molar-refractivity contribution is 9.10. The number of amides is 1. The number of primary sulfonamides is 1. The molecule has 110 valence electrons. The molecule has 5 nitrogen and oxygen atoms in total. The van der Waals surface area contributed by atoms with E-state index in [1.165, 1.54) is 0 Å². The van der Waals surface area contributed by atoms with Gasteiger partial charge in [0.1, 0.15) is 5.82 Å². The van der Waals surface area contributed by atoms with Gasteiger partial charge in [-0.25, -0.2) is 17.9 Å². The van der Waals surface area contributed by atoms with Gasteiger partial charge in [-0.1, -0.05) is 12.1 Å². The molecule has 1 amide bonds. The average Bonchev–Trinajstić information content (AvgIpc) is 2.37. The molecule has 21 heavy (non-hydrogen) atoms. The number of hydrogen-bond acceptors (Lipinski definition) is 3. The van der Waals surface area contributed by atoms with Gasteiger partial charge < -0.3 is 5.32 Å². The topological polar surface area (TPSA) is 89.3 Å². The van der Waals surface area contributed by atoms with Crippen LogP contribution in [0, 0.1) is 5.82 Å². The summed E-state index contributed by atoms with van der Waals surface area (Å²) in [6.07, 6.45) is 0. The predicted molar refractivity (Wildman–Crippen MR) is 79.9 cm³/mol. The summed E-state index contributed by atoms with van der Waals surface area (Å²) >= 11 is 3.22. The lowest BCUT2D eigenvalue weighted by Crippen LogP contribution is -2.15. The fourth-order valence-electron chi connectivity index (χ4n) is 1.64. The molecule has 2 aromatic rings. The number of anilines is 1. The minimum Gasteiger partial charge on any atom is -0.322 e. The fourth-order valence-corrected chi connectivity index (χ4v) is 2.68. The highest BCUT2D eigenvalue weighted by atomic mass is 79.9. The molecule has 0 bridgehead atoms. The van der Waals surface area contributed by atoms with E-state index in [4.69, 9.17) is 5.14 Å². The van der Waals surface area contributed by atoms with Gasteiger partial charge in [-0.3, -0.25) is 4.79 Å². The molecule has 0 saturated carbocycles. The summed E-state index contributed by atoms with van der Waals surface area (Å²) in [7, 11) is -4.06. The molecule has 0 radical (unpaired) electrons. The van der Waals surface area contributed by atoms with E-state index in [0.29, 0.717) is 10.0 Å². The van der Waals surface area contributed by atoms with Crippen LogP contribution < -0.4 is 10.5 Å². The maximum absolute atomic E-state index is 13.4. The molecule has 0 unspecified atom stereocenters. The molecule has 0 heterocycles. The Hall–Kier alpha value is -1.77. The van der Waals surface area contributed by atoms with Gasteiger partial charge in [0.25, 0.3) is 5.91 Å². The number of carbonyl (C=O) groups is 1. The van der Waals surface area contributed by atoms with Crippen LogP contribution >= 0.6 is 15.9 Å². The molecule has 3 N–H and O–H groups in total. The Kier molecular flexibility index (Phi) is 4.40. The lowest BCUT2D eigenvalue weighted by Gasteiger charge is -2.08. The van der Waals surface area contributed by atoms with Crippen molar-refractivity contribution in [3.63, 3.8) is 0 Å². The third-order valence-corrected chi connectivity index (χ3v) is 4.16. The van der Waals surface area contributed by atoms with Crippen molar-refractivity contribution in [3.05, 3.63) is 58.3 Å². The number of nitrogens with one attached hydrogen (secondary N) is 1. The van der Waals surface area contributed by atoms with Crippen molar-refractivity contribution in [1.29, 1.82) is 0 Å². The van der Waals surface area contributed by atoms with Gasteiger partial charge in [0, 0.05) is 10.2 Å². The van der Waals surface area contributed by atoms with E-state index in [1.807, 2.05) is 0 Å². The second kappa shape index (κ2) is 5.92. The van der Waals surface area contributed by atoms with Crippen LogP contribution in [-0.4, -0.2) is 14.3 Å². The quantitative estimate of drug-likeness (QED) is 0.866. The predicted octanol–water partition coefficient (Wildman–Crippen LogP) is 2.49. The molecule has 0 aliphatic carbocycles. The summed E-state index contributed by atoms with van der Waals surface area (Å²) in [5, 5.41) is 7.37. The Morgan fingerprint density at radius 3 is 2.48 bits per heavy atom. The zero-order valence-corrected chi connectivity index (χ0v) is 12.9. The van der Waals surface area contributed by atoms with Crippen LogP contribution in [0.3, 0.4) is 0 Å². The molecule has 0 aliphatic rings. The summed E-state index contributed by atoms with van der Waals surface area (Å²) < 4.78 is 36.4. The van der Waals surface area contributed by atoms with E-state index in [1.54, 1.807) is 24.3 Å². The van der Waals surface area contributed by atoms with E-state index < -0.39 is 26.6 Å². The summed E-state index contributed by atoms with van der Waals surface area (Å²) in [6, 6.07) is 9.53. The van der Waals surface area contributed by atoms with Gasteiger partial charge in [-0.15, -0.1) is 0 Å². The molecule has 8 heteroatoms. The van der Waals surface area contributed by atoms with Crippen molar-refractivity contribution < 1.29 is 17.6 Å². The Labute approximate surface area is 129 Å². The highest BCUT2D eigenvalue weighted by Gasteiger charge is 2.14. The van der Waals surface area contributed by atoms with Gasteiger partial charge in [-0.2, -0.15) is 0 Å². The Morgan fingerprint density at radius 2 is 1.86 bits per heavy atom. The number of nitrogens with two attached hydrogens (primary N) is 1.